The number of carbonyl (C=O) groups is 2. The van der Waals surface area contributed by atoms with Crippen LogP contribution in [0.25, 0.3) is 0 Å². The standard InChI is InChI=1S/C19H25NO4/c21-17(22)13-24-9-8-20-18(23)19(11-14-4-2-1-3-5-14)12-15-6-7-16(19)10-15/h1-5,15-16H,6-13H2,(H,20,23)(H,21,22). The summed E-state index contributed by atoms with van der Waals surface area (Å²) in [6, 6.07) is 10.2. The maximum Gasteiger partial charge on any atom is 0.329 e. The molecule has 130 valence electrons. The molecule has 0 spiro atoms. The van der Waals surface area contributed by atoms with Gasteiger partial charge in [-0.3, -0.25) is 4.79 Å². The fourth-order valence-electron chi connectivity index (χ4n) is 4.55. The van der Waals surface area contributed by atoms with Crippen LogP contribution in [0.4, 0.5) is 0 Å². The second-order valence-corrected chi connectivity index (χ2v) is 7.10. The molecule has 0 radical (unpaired) electrons. The van der Waals surface area contributed by atoms with Crippen LogP contribution in [-0.4, -0.2) is 36.7 Å². The molecule has 0 aliphatic heterocycles. The van der Waals surface area contributed by atoms with Gasteiger partial charge in [-0.25, -0.2) is 4.79 Å². The molecule has 2 aliphatic rings. The fourth-order valence-corrected chi connectivity index (χ4v) is 4.55. The van der Waals surface area contributed by atoms with Crippen molar-refractivity contribution in [1.29, 1.82) is 0 Å². The average Bonchev–Trinajstić information content (AvgIpc) is 3.16. The van der Waals surface area contributed by atoms with Gasteiger partial charge in [0.15, 0.2) is 0 Å². The highest BCUT2D eigenvalue weighted by Crippen LogP contribution is 2.57. The first-order chi connectivity index (χ1) is 11.6. The summed E-state index contributed by atoms with van der Waals surface area (Å²) in [5, 5.41) is 11.5. The smallest absolute Gasteiger partial charge is 0.329 e. The van der Waals surface area contributed by atoms with E-state index < -0.39 is 5.97 Å². The Hall–Kier alpha value is -1.88. The van der Waals surface area contributed by atoms with Crippen LogP contribution in [0.15, 0.2) is 30.3 Å². The van der Waals surface area contributed by atoms with Gasteiger partial charge in [0.05, 0.1) is 12.0 Å². The molecular formula is C19H25NO4. The zero-order valence-electron chi connectivity index (χ0n) is 13.9. The van der Waals surface area contributed by atoms with Crippen molar-refractivity contribution in [2.45, 2.75) is 32.1 Å². The van der Waals surface area contributed by atoms with Gasteiger partial charge in [0.25, 0.3) is 0 Å². The molecule has 5 heteroatoms. The molecule has 2 saturated carbocycles. The lowest BCUT2D eigenvalue weighted by Gasteiger charge is -2.36. The van der Waals surface area contributed by atoms with Crippen LogP contribution in [0.1, 0.15) is 31.2 Å². The Morgan fingerprint density at radius 3 is 2.67 bits per heavy atom. The second-order valence-electron chi connectivity index (χ2n) is 7.10. The van der Waals surface area contributed by atoms with Gasteiger partial charge in [-0.15, -0.1) is 0 Å². The van der Waals surface area contributed by atoms with Gasteiger partial charge in [-0.05, 0) is 43.1 Å². The summed E-state index contributed by atoms with van der Waals surface area (Å²) >= 11 is 0. The van der Waals surface area contributed by atoms with E-state index in [4.69, 9.17) is 9.84 Å². The molecular weight excluding hydrogens is 306 g/mol. The van der Waals surface area contributed by atoms with E-state index in [1.54, 1.807) is 0 Å². The van der Waals surface area contributed by atoms with E-state index in [1.807, 2.05) is 18.2 Å². The largest absolute Gasteiger partial charge is 0.480 e. The van der Waals surface area contributed by atoms with E-state index in [0.29, 0.717) is 18.4 Å². The molecule has 1 aromatic carbocycles. The highest BCUT2D eigenvalue weighted by atomic mass is 16.5. The zero-order chi connectivity index (χ0) is 17.0. The van der Waals surface area contributed by atoms with E-state index >= 15 is 0 Å². The first kappa shape index (κ1) is 17.0. The van der Waals surface area contributed by atoms with E-state index in [0.717, 1.165) is 25.7 Å². The minimum Gasteiger partial charge on any atom is -0.480 e. The van der Waals surface area contributed by atoms with Crippen LogP contribution in [0.3, 0.4) is 0 Å². The zero-order valence-corrected chi connectivity index (χ0v) is 13.9. The maximum atomic E-state index is 13.0. The number of hydrogen-bond acceptors (Lipinski definition) is 3. The number of benzene rings is 1. The number of carboxylic acids is 1. The molecule has 0 heterocycles. The second kappa shape index (κ2) is 7.34. The third-order valence-electron chi connectivity index (χ3n) is 5.55. The molecule has 5 nitrogen and oxygen atoms in total. The molecule has 24 heavy (non-hydrogen) atoms. The monoisotopic (exact) mass is 331 g/mol. The first-order valence-electron chi connectivity index (χ1n) is 8.72. The lowest BCUT2D eigenvalue weighted by Crippen LogP contribution is -2.47. The highest BCUT2D eigenvalue weighted by Gasteiger charge is 2.55. The van der Waals surface area contributed by atoms with Crippen LogP contribution in [0.2, 0.25) is 0 Å². The molecule has 3 unspecified atom stereocenters. The van der Waals surface area contributed by atoms with Gasteiger partial charge in [0.1, 0.15) is 6.61 Å². The lowest BCUT2D eigenvalue weighted by atomic mass is 9.68. The van der Waals surface area contributed by atoms with Crippen molar-refractivity contribution in [1.82, 2.24) is 5.32 Å². The summed E-state index contributed by atoms with van der Waals surface area (Å²) in [6.45, 7) is 0.267. The number of hydrogen-bond donors (Lipinski definition) is 2. The van der Waals surface area contributed by atoms with Crippen LogP contribution in [0, 0.1) is 17.3 Å². The summed E-state index contributed by atoms with van der Waals surface area (Å²) in [7, 11) is 0. The Morgan fingerprint density at radius 1 is 1.25 bits per heavy atom. The Morgan fingerprint density at radius 2 is 2.04 bits per heavy atom. The number of fused-ring (bicyclic) bond motifs is 2. The summed E-state index contributed by atoms with van der Waals surface area (Å²) in [5.41, 5.74) is 0.902. The van der Waals surface area contributed by atoms with E-state index in [2.05, 4.69) is 17.4 Å². The normalized spacial score (nSPS) is 28.0. The quantitative estimate of drug-likeness (QED) is 0.717. The van der Waals surface area contributed by atoms with Gasteiger partial charge in [-0.2, -0.15) is 0 Å². The topological polar surface area (TPSA) is 75.6 Å². The van der Waals surface area contributed by atoms with Gasteiger partial charge in [0.2, 0.25) is 5.91 Å². The van der Waals surface area contributed by atoms with Crippen molar-refractivity contribution in [3.05, 3.63) is 35.9 Å². The van der Waals surface area contributed by atoms with E-state index in [-0.39, 0.29) is 24.5 Å². The molecule has 2 aliphatic carbocycles. The van der Waals surface area contributed by atoms with Crippen LogP contribution >= 0.6 is 0 Å². The SMILES string of the molecule is O=C(O)COCCNC(=O)C1(Cc2ccccc2)CC2CCC1C2. The highest BCUT2D eigenvalue weighted by molar-refractivity contribution is 5.84. The molecule has 1 amide bonds. The molecule has 2 fully saturated rings. The van der Waals surface area contributed by atoms with Crippen molar-refractivity contribution in [2.24, 2.45) is 17.3 Å². The van der Waals surface area contributed by atoms with Crippen LogP contribution in [-0.2, 0) is 20.7 Å². The van der Waals surface area contributed by atoms with Gasteiger partial charge < -0.3 is 15.2 Å². The van der Waals surface area contributed by atoms with Crippen LogP contribution < -0.4 is 5.32 Å². The Labute approximate surface area is 142 Å². The van der Waals surface area contributed by atoms with Gasteiger partial charge >= 0.3 is 5.97 Å². The van der Waals surface area contributed by atoms with Gasteiger partial charge in [0, 0.05) is 6.54 Å². The number of nitrogens with one attached hydrogen (secondary N) is 1. The summed E-state index contributed by atoms with van der Waals surface area (Å²) in [4.78, 5) is 23.4. The molecule has 3 rings (SSSR count). The van der Waals surface area contributed by atoms with E-state index in [9.17, 15) is 9.59 Å². The minimum atomic E-state index is -0.991. The predicted molar refractivity (Wildman–Crippen MR) is 89.5 cm³/mol. The Bertz CT molecular complexity index is 588. The van der Waals surface area contributed by atoms with Crippen LogP contribution in [0.5, 0.6) is 0 Å². The molecule has 1 aromatic rings. The number of aliphatic carboxylic acids is 1. The Balaban J connectivity index is 1.62. The number of carboxylic acid groups (broad SMARTS) is 1. The molecule has 0 aromatic heterocycles. The van der Waals surface area contributed by atoms with Crippen molar-refractivity contribution < 1.29 is 19.4 Å². The molecule has 0 saturated heterocycles. The summed E-state index contributed by atoms with van der Waals surface area (Å²) < 4.78 is 5.01. The number of carbonyl (C=O) groups excluding carboxylic acids is 1. The lowest BCUT2D eigenvalue weighted by molar-refractivity contribution is -0.142. The van der Waals surface area contributed by atoms with E-state index in [1.165, 1.54) is 12.0 Å². The minimum absolute atomic E-state index is 0.109. The molecule has 3 atom stereocenters. The van der Waals surface area contributed by atoms with Crippen molar-refractivity contribution >= 4 is 11.9 Å². The van der Waals surface area contributed by atoms with Crippen molar-refractivity contribution in [3.63, 3.8) is 0 Å². The third-order valence-corrected chi connectivity index (χ3v) is 5.55. The summed E-state index contributed by atoms with van der Waals surface area (Å²) in [5.74, 6) is 0.253. The summed E-state index contributed by atoms with van der Waals surface area (Å²) in [6.07, 6.45) is 5.30. The third kappa shape index (κ3) is 3.61. The first-order valence-corrected chi connectivity index (χ1v) is 8.72. The maximum absolute atomic E-state index is 13.0. The number of rotatable bonds is 8. The predicted octanol–water partition coefficient (Wildman–Crippen LogP) is 2.25. The van der Waals surface area contributed by atoms with Gasteiger partial charge in [-0.1, -0.05) is 36.8 Å². The average molecular weight is 331 g/mol. The Kier molecular flexibility index (Phi) is 5.19. The number of amides is 1. The van der Waals surface area contributed by atoms with Crippen molar-refractivity contribution in [2.75, 3.05) is 19.8 Å². The fraction of sp³-hybridized carbons (Fsp3) is 0.579. The molecule has 2 N–H and O–H groups in total. The number of ether oxygens (including phenoxy) is 1. The van der Waals surface area contributed by atoms with Crippen molar-refractivity contribution in [3.8, 4) is 0 Å². The molecule has 2 bridgehead atoms.